The van der Waals surface area contributed by atoms with Gasteiger partial charge < -0.3 is 9.63 Å². The summed E-state index contributed by atoms with van der Waals surface area (Å²) in [6.07, 6.45) is 5.16. The Morgan fingerprint density at radius 2 is 2.16 bits per heavy atom. The van der Waals surface area contributed by atoms with Gasteiger partial charge in [0.25, 0.3) is 0 Å². The Bertz CT molecular complexity index is 594. The molecular weight excluding hydrogens is 264 g/mol. The zero-order chi connectivity index (χ0) is 13.2. The van der Waals surface area contributed by atoms with Crippen LogP contribution in [0.15, 0.2) is 14.8 Å². The van der Waals surface area contributed by atoms with Crippen LogP contribution >= 0.6 is 11.3 Å². The number of rotatable bonds is 3. The first-order valence-electron chi connectivity index (χ1n) is 6.35. The van der Waals surface area contributed by atoms with Gasteiger partial charge in [0.2, 0.25) is 5.13 Å². The molecule has 1 aliphatic carbocycles. The van der Waals surface area contributed by atoms with Crippen molar-refractivity contribution in [2.45, 2.75) is 39.0 Å². The second kappa shape index (κ2) is 5.08. The number of fused-ring (bicyclic) bond motifs is 1. The maximum absolute atomic E-state index is 9.50. The SMILES string of the molecule is CCc1noc(O)c1N=Nc1nc2c(s1)CCCC2. The maximum Gasteiger partial charge on any atom is 0.337 e. The van der Waals surface area contributed by atoms with E-state index in [2.05, 4.69) is 20.4 Å². The van der Waals surface area contributed by atoms with Gasteiger partial charge in [-0.3, -0.25) is 0 Å². The van der Waals surface area contributed by atoms with Gasteiger partial charge in [0, 0.05) is 4.88 Å². The minimum Gasteiger partial charge on any atom is -0.478 e. The number of nitrogens with zero attached hydrogens (tertiary/aromatic N) is 4. The Kier molecular flexibility index (Phi) is 3.29. The van der Waals surface area contributed by atoms with Crippen LogP contribution in [-0.2, 0) is 19.3 Å². The van der Waals surface area contributed by atoms with E-state index < -0.39 is 0 Å². The standard InChI is InChI=1S/C12H14N4O2S/c1-2-7-10(11(17)18-16-7)14-15-12-13-8-5-3-4-6-9(8)19-12/h17H,2-6H2,1H3. The number of thiazole rings is 1. The molecule has 3 rings (SSSR count). The number of aromatic nitrogens is 2. The molecule has 0 atom stereocenters. The molecule has 0 bridgehead atoms. The Labute approximate surface area is 114 Å². The minimum absolute atomic E-state index is 0.290. The lowest BCUT2D eigenvalue weighted by Crippen LogP contribution is -1.98. The third-order valence-corrected chi connectivity index (χ3v) is 4.16. The summed E-state index contributed by atoms with van der Waals surface area (Å²) in [5.41, 5.74) is 2.05. The van der Waals surface area contributed by atoms with E-state index in [0.29, 0.717) is 22.9 Å². The fourth-order valence-electron chi connectivity index (χ4n) is 2.11. The molecule has 2 aromatic heterocycles. The molecule has 0 radical (unpaired) electrons. The van der Waals surface area contributed by atoms with Crippen LogP contribution in [-0.4, -0.2) is 15.2 Å². The Balaban J connectivity index is 1.86. The Morgan fingerprint density at radius 3 is 2.95 bits per heavy atom. The molecule has 19 heavy (non-hydrogen) atoms. The van der Waals surface area contributed by atoms with Crippen molar-refractivity contribution >= 4 is 22.2 Å². The number of hydrogen-bond acceptors (Lipinski definition) is 7. The lowest BCUT2D eigenvalue weighted by molar-refractivity contribution is 0.277. The maximum atomic E-state index is 9.50. The molecule has 2 heterocycles. The lowest BCUT2D eigenvalue weighted by Gasteiger charge is -2.06. The van der Waals surface area contributed by atoms with Gasteiger partial charge in [-0.25, -0.2) is 4.98 Å². The molecule has 1 aliphatic rings. The van der Waals surface area contributed by atoms with E-state index in [0.717, 1.165) is 18.5 Å². The fraction of sp³-hybridized carbons (Fsp3) is 0.500. The number of aromatic hydroxyl groups is 1. The molecule has 7 heteroatoms. The Morgan fingerprint density at radius 1 is 1.32 bits per heavy atom. The molecule has 1 N–H and O–H groups in total. The molecule has 0 saturated heterocycles. The zero-order valence-electron chi connectivity index (χ0n) is 10.6. The predicted molar refractivity (Wildman–Crippen MR) is 70.5 cm³/mol. The summed E-state index contributed by atoms with van der Waals surface area (Å²) in [5.74, 6) is -0.290. The molecule has 0 fully saturated rings. The molecule has 0 amide bonds. The molecule has 0 aliphatic heterocycles. The third kappa shape index (κ3) is 2.37. The van der Waals surface area contributed by atoms with Gasteiger partial charge in [-0.15, -0.1) is 10.2 Å². The van der Waals surface area contributed by atoms with Crippen molar-refractivity contribution in [3.63, 3.8) is 0 Å². The largest absolute Gasteiger partial charge is 0.478 e. The fourth-order valence-corrected chi connectivity index (χ4v) is 3.08. The van der Waals surface area contributed by atoms with E-state index in [1.807, 2.05) is 6.92 Å². The summed E-state index contributed by atoms with van der Waals surface area (Å²) in [4.78, 5) is 5.77. The highest BCUT2D eigenvalue weighted by atomic mass is 32.1. The number of aryl methyl sites for hydroxylation is 3. The third-order valence-electron chi connectivity index (χ3n) is 3.12. The van der Waals surface area contributed by atoms with Crippen molar-refractivity contribution in [2.24, 2.45) is 10.2 Å². The average Bonchev–Trinajstić information content (AvgIpc) is 2.99. The van der Waals surface area contributed by atoms with Gasteiger partial charge in [0.05, 0.1) is 5.69 Å². The normalized spacial score (nSPS) is 15.0. The summed E-state index contributed by atoms with van der Waals surface area (Å²) in [7, 11) is 0. The van der Waals surface area contributed by atoms with Gasteiger partial charge in [0.15, 0.2) is 5.69 Å². The van der Waals surface area contributed by atoms with Crippen LogP contribution in [0.5, 0.6) is 5.95 Å². The van der Waals surface area contributed by atoms with Gasteiger partial charge in [-0.05, 0) is 32.1 Å². The van der Waals surface area contributed by atoms with Crippen LogP contribution in [0.2, 0.25) is 0 Å². The highest BCUT2D eigenvalue weighted by molar-refractivity contribution is 7.15. The highest BCUT2D eigenvalue weighted by Gasteiger charge is 2.16. The highest BCUT2D eigenvalue weighted by Crippen LogP contribution is 2.35. The monoisotopic (exact) mass is 278 g/mol. The van der Waals surface area contributed by atoms with E-state index >= 15 is 0 Å². The van der Waals surface area contributed by atoms with Crippen LogP contribution in [0.1, 0.15) is 36.0 Å². The lowest BCUT2D eigenvalue weighted by atomic mass is 10.0. The second-order valence-corrected chi connectivity index (χ2v) is 5.47. The van der Waals surface area contributed by atoms with Crippen LogP contribution in [0.3, 0.4) is 0 Å². The van der Waals surface area contributed by atoms with Crippen molar-refractivity contribution in [3.8, 4) is 5.95 Å². The van der Waals surface area contributed by atoms with Crippen LogP contribution in [0, 0.1) is 0 Å². The Hall–Kier alpha value is -1.76. The summed E-state index contributed by atoms with van der Waals surface area (Å²) in [6, 6.07) is 0. The van der Waals surface area contributed by atoms with E-state index in [-0.39, 0.29) is 5.95 Å². The molecular formula is C12H14N4O2S. The first-order valence-corrected chi connectivity index (χ1v) is 7.17. The molecule has 2 aromatic rings. The zero-order valence-corrected chi connectivity index (χ0v) is 11.4. The molecule has 0 saturated carbocycles. The number of hydrogen-bond donors (Lipinski definition) is 1. The summed E-state index contributed by atoms with van der Waals surface area (Å²) < 4.78 is 4.69. The summed E-state index contributed by atoms with van der Waals surface area (Å²) >= 11 is 1.57. The van der Waals surface area contributed by atoms with Gasteiger partial charge in [-0.2, -0.15) is 0 Å². The van der Waals surface area contributed by atoms with Crippen molar-refractivity contribution in [3.05, 3.63) is 16.3 Å². The first-order chi connectivity index (χ1) is 9.28. The van der Waals surface area contributed by atoms with Crippen LogP contribution in [0.25, 0.3) is 0 Å². The van der Waals surface area contributed by atoms with Crippen molar-refractivity contribution in [2.75, 3.05) is 0 Å². The van der Waals surface area contributed by atoms with Gasteiger partial charge >= 0.3 is 5.95 Å². The summed E-state index contributed by atoms with van der Waals surface area (Å²) in [6.45, 7) is 1.92. The second-order valence-electron chi connectivity index (χ2n) is 4.41. The van der Waals surface area contributed by atoms with Crippen LogP contribution in [0.4, 0.5) is 10.8 Å². The molecule has 100 valence electrons. The molecule has 0 unspecified atom stereocenters. The quantitative estimate of drug-likeness (QED) is 0.868. The topological polar surface area (TPSA) is 83.9 Å². The van der Waals surface area contributed by atoms with E-state index in [1.54, 1.807) is 11.3 Å². The van der Waals surface area contributed by atoms with Gasteiger partial charge in [-0.1, -0.05) is 23.4 Å². The molecule has 0 spiro atoms. The minimum atomic E-state index is -0.290. The van der Waals surface area contributed by atoms with E-state index in [4.69, 9.17) is 4.52 Å². The van der Waals surface area contributed by atoms with E-state index in [9.17, 15) is 5.11 Å². The van der Waals surface area contributed by atoms with Crippen molar-refractivity contribution in [1.29, 1.82) is 0 Å². The molecule has 6 nitrogen and oxygen atoms in total. The predicted octanol–water partition coefficient (Wildman–Crippen LogP) is 3.69. The average molecular weight is 278 g/mol. The molecule has 0 aromatic carbocycles. The van der Waals surface area contributed by atoms with Crippen molar-refractivity contribution in [1.82, 2.24) is 10.1 Å². The van der Waals surface area contributed by atoms with Crippen LogP contribution < -0.4 is 0 Å². The van der Waals surface area contributed by atoms with Gasteiger partial charge in [0.1, 0.15) is 5.69 Å². The smallest absolute Gasteiger partial charge is 0.337 e. The van der Waals surface area contributed by atoms with Crippen molar-refractivity contribution < 1.29 is 9.63 Å². The number of azo groups is 1. The summed E-state index contributed by atoms with van der Waals surface area (Å²) in [5, 5.41) is 22.0. The van der Waals surface area contributed by atoms with E-state index in [1.165, 1.54) is 17.7 Å². The first kappa shape index (κ1) is 12.3.